The van der Waals surface area contributed by atoms with Gasteiger partial charge in [-0.15, -0.1) is 0 Å². The van der Waals surface area contributed by atoms with Gasteiger partial charge < -0.3 is 9.84 Å². The molecular weight excluding hydrogens is 258 g/mol. The number of hydrogen-bond donors (Lipinski definition) is 1. The minimum atomic E-state index is -0.376. The molecule has 1 N–H and O–H groups in total. The summed E-state index contributed by atoms with van der Waals surface area (Å²) in [4.78, 5) is 24.7. The van der Waals surface area contributed by atoms with Gasteiger partial charge in [0.05, 0.1) is 12.3 Å². The van der Waals surface area contributed by atoms with Gasteiger partial charge in [-0.3, -0.25) is 9.59 Å². The van der Waals surface area contributed by atoms with Crippen LogP contribution in [0.2, 0.25) is 0 Å². The molecule has 0 spiro atoms. The fraction of sp³-hybridized carbons (Fsp3) is 0.333. The Balaban J connectivity index is 2.33. The molecule has 1 aromatic rings. The van der Waals surface area contributed by atoms with Crippen LogP contribution in [0.25, 0.3) is 0 Å². The van der Waals surface area contributed by atoms with E-state index in [1.54, 1.807) is 12.1 Å². The van der Waals surface area contributed by atoms with Crippen LogP contribution < -0.4 is 4.90 Å². The van der Waals surface area contributed by atoms with Gasteiger partial charge in [0.15, 0.2) is 0 Å². The Bertz CT molecular complexity index is 582. The fourth-order valence-electron chi connectivity index (χ4n) is 1.88. The molecule has 1 aromatic carbocycles. The third-order valence-electron chi connectivity index (χ3n) is 2.89. The normalized spacial score (nSPS) is 15.0. The first-order valence-corrected chi connectivity index (χ1v) is 6.27. The van der Waals surface area contributed by atoms with Crippen LogP contribution in [0.4, 0.5) is 5.69 Å². The van der Waals surface area contributed by atoms with E-state index in [4.69, 9.17) is 9.84 Å². The van der Waals surface area contributed by atoms with Crippen molar-refractivity contribution >= 4 is 17.5 Å². The lowest BCUT2D eigenvalue weighted by molar-refractivity contribution is -0.138. The smallest absolute Gasteiger partial charge is 0.259 e. The first-order chi connectivity index (χ1) is 9.63. The van der Waals surface area contributed by atoms with Crippen LogP contribution in [0.15, 0.2) is 18.2 Å². The molecule has 0 aromatic heterocycles. The van der Waals surface area contributed by atoms with Crippen LogP contribution in [0.5, 0.6) is 0 Å². The summed E-state index contributed by atoms with van der Waals surface area (Å²) in [6.07, 6.45) is 0.388. The number of imide groups is 1. The second-order valence-electron chi connectivity index (χ2n) is 4.39. The maximum atomic E-state index is 11.8. The number of ether oxygens (including phenoxy) is 1. The molecule has 0 atom stereocenters. The first-order valence-electron chi connectivity index (χ1n) is 6.27. The summed E-state index contributed by atoms with van der Waals surface area (Å²) >= 11 is 0. The summed E-state index contributed by atoms with van der Waals surface area (Å²) in [5.74, 6) is 5.01. The van der Waals surface area contributed by atoms with Gasteiger partial charge in [-0.05, 0) is 24.6 Å². The number of benzene rings is 1. The molecule has 20 heavy (non-hydrogen) atoms. The average molecular weight is 273 g/mol. The zero-order valence-corrected chi connectivity index (χ0v) is 11.2. The molecule has 0 radical (unpaired) electrons. The highest BCUT2D eigenvalue weighted by molar-refractivity contribution is 6.17. The monoisotopic (exact) mass is 273 g/mol. The maximum Gasteiger partial charge on any atom is 0.259 e. The van der Waals surface area contributed by atoms with Crippen LogP contribution in [0.3, 0.4) is 0 Å². The molecule has 1 aliphatic rings. The van der Waals surface area contributed by atoms with Gasteiger partial charge >= 0.3 is 0 Å². The molecule has 1 aliphatic heterocycles. The molecule has 1 saturated heterocycles. The Labute approximate surface area is 117 Å². The van der Waals surface area contributed by atoms with Crippen molar-refractivity contribution in [2.75, 3.05) is 24.7 Å². The molecule has 2 rings (SSSR count). The SMILES string of the molecule is Cc1ccc(N2C(=O)COCC2=O)cc1C#CCCO. The summed E-state index contributed by atoms with van der Waals surface area (Å²) in [6.45, 7) is 1.72. The van der Waals surface area contributed by atoms with Crippen molar-refractivity contribution in [3.8, 4) is 11.8 Å². The fourth-order valence-corrected chi connectivity index (χ4v) is 1.88. The van der Waals surface area contributed by atoms with E-state index < -0.39 is 0 Å². The molecular formula is C15H15NO4. The van der Waals surface area contributed by atoms with Gasteiger partial charge in [0.2, 0.25) is 0 Å². The van der Waals surface area contributed by atoms with Gasteiger partial charge in [0, 0.05) is 12.0 Å². The van der Waals surface area contributed by atoms with E-state index in [2.05, 4.69) is 11.8 Å². The predicted molar refractivity (Wildman–Crippen MR) is 73.1 cm³/mol. The third kappa shape index (κ3) is 3.05. The lowest BCUT2D eigenvalue weighted by Gasteiger charge is -2.25. The quantitative estimate of drug-likeness (QED) is 0.633. The zero-order valence-electron chi connectivity index (χ0n) is 11.2. The summed E-state index contributed by atoms with van der Waals surface area (Å²) in [5.41, 5.74) is 2.19. The van der Waals surface area contributed by atoms with Crippen LogP contribution in [-0.2, 0) is 14.3 Å². The molecule has 0 saturated carbocycles. The van der Waals surface area contributed by atoms with Gasteiger partial charge in [-0.25, -0.2) is 4.90 Å². The van der Waals surface area contributed by atoms with Crippen molar-refractivity contribution in [1.29, 1.82) is 0 Å². The van der Waals surface area contributed by atoms with Crippen LogP contribution in [-0.4, -0.2) is 36.7 Å². The van der Waals surface area contributed by atoms with Gasteiger partial charge in [-0.2, -0.15) is 0 Å². The number of aliphatic hydroxyl groups is 1. The molecule has 104 valence electrons. The molecule has 0 aliphatic carbocycles. The van der Waals surface area contributed by atoms with Crippen molar-refractivity contribution in [2.24, 2.45) is 0 Å². The Morgan fingerprint density at radius 2 is 2.00 bits per heavy atom. The molecule has 1 fully saturated rings. The average Bonchev–Trinajstić information content (AvgIpc) is 2.42. The summed E-state index contributed by atoms with van der Waals surface area (Å²) < 4.78 is 4.88. The Kier molecular flexibility index (Phi) is 4.51. The number of morpholine rings is 1. The number of carbonyl (C=O) groups is 2. The number of hydrogen-bond acceptors (Lipinski definition) is 4. The van der Waals surface area contributed by atoms with Gasteiger partial charge in [-0.1, -0.05) is 17.9 Å². The number of anilines is 1. The van der Waals surface area contributed by atoms with Crippen molar-refractivity contribution in [3.05, 3.63) is 29.3 Å². The number of aryl methyl sites for hydroxylation is 1. The Morgan fingerprint density at radius 3 is 2.65 bits per heavy atom. The summed E-state index contributed by atoms with van der Waals surface area (Å²) in [5, 5.41) is 8.73. The maximum absolute atomic E-state index is 11.8. The van der Waals surface area contributed by atoms with Crippen molar-refractivity contribution in [2.45, 2.75) is 13.3 Å². The molecule has 5 nitrogen and oxygen atoms in total. The number of aliphatic hydroxyl groups excluding tert-OH is 1. The van der Waals surface area contributed by atoms with Crippen molar-refractivity contribution < 1.29 is 19.4 Å². The lowest BCUT2D eigenvalue weighted by atomic mass is 10.1. The second-order valence-corrected chi connectivity index (χ2v) is 4.39. The minimum Gasteiger partial charge on any atom is -0.395 e. The Hall–Kier alpha value is -2.16. The lowest BCUT2D eigenvalue weighted by Crippen LogP contribution is -2.46. The van der Waals surface area contributed by atoms with E-state index in [1.807, 2.05) is 13.0 Å². The van der Waals surface area contributed by atoms with Crippen LogP contribution in [0, 0.1) is 18.8 Å². The molecule has 5 heteroatoms. The number of amides is 2. The topological polar surface area (TPSA) is 66.8 Å². The van der Waals surface area contributed by atoms with Gasteiger partial charge in [0.1, 0.15) is 13.2 Å². The number of rotatable bonds is 2. The van der Waals surface area contributed by atoms with Crippen LogP contribution >= 0.6 is 0 Å². The highest BCUT2D eigenvalue weighted by Crippen LogP contribution is 2.21. The number of carbonyl (C=O) groups excluding carboxylic acids is 2. The van der Waals surface area contributed by atoms with E-state index in [1.165, 1.54) is 0 Å². The van der Waals surface area contributed by atoms with Crippen molar-refractivity contribution in [3.63, 3.8) is 0 Å². The van der Waals surface area contributed by atoms with E-state index >= 15 is 0 Å². The predicted octanol–water partition coefficient (Wildman–Crippen LogP) is 0.619. The summed E-state index contributed by atoms with van der Waals surface area (Å²) in [7, 11) is 0. The van der Waals surface area contributed by atoms with E-state index in [-0.39, 0.29) is 31.6 Å². The van der Waals surface area contributed by atoms with E-state index in [9.17, 15) is 9.59 Å². The largest absolute Gasteiger partial charge is 0.395 e. The zero-order chi connectivity index (χ0) is 14.5. The first kappa shape index (κ1) is 14.3. The minimum absolute atomic E-state index is 0.00613. The molecule has 1 heterocycles. The highest BCUT2D eigenvalue weighted by Gasteiger charge is 2.28. The molecule has 0 bridgehead atoms. The van der Waals surface area contributed by atoms with E-state index in [0.29, 0.717) is 12.1 Å². The van der Waals surface area contributed by atoms with Crippen molar-refractivity contribution in [1.82, 2.24) is 0 Å². The number of nitrogens with zero attached hydrogens (tertiary/aromatic N) is 1. The van der Waals surface area contributed by atoms with Crippen LogP contribution in [0.1, 0.15) is 17.5 Å². The standard InChI is InChI=1S/C15H15NO4/c1-11-5-6-13(8-12(11)4-2-3-7-17)16-14(18)9-20-10-15(16)19/h5-6,8,17H,3,7,9-10H2,1H3. The van der Waals surface area contributed by atoms with Gasteiger partial charge in [0.25, 0.3) is 11.8 Å². The summed E-state index contributed by atoms with van der Waals surface area (Å²) in [6, 6.07) is 5.24. The second kappa shape index (κ2) is 6.33. The third-order valence-corrected chi connectivity index (χ3v) is 2.89. The molecule has 2 amide bonds. The highest BCUT2D eigenvalue weighted by atomic mass is 16.5. The Morgan fingerprint density at radius 1 is 1.30 bits per heavy atom. The van der Waals surface area contributed by atoms with E-state index in [0.717, 1.165) is 16.0 Å². The molecule has 0 unspecified atom stereocenters.